The molecule has 7 heteroatoms. The van der Waals surface area contributed by atoms with Gasteiger partial charge in [0.05, 0.1) is 11.4 Å². The molecule has 0 aliphatic heterocycles. The molecule has 0 radical (unpaired) electrons. The molecular weight excluding hydrogens is 416 g/mol. The normalized spacial score (nSPS) is 11.4. The topological polar surface area (TPSA) is 57.7 Å². The molecule has 3 aromatic rings. The second kappa shape index (κ2) is 9.84. The Bertz CT molecular complexity index is 1080. The summed E-state index contributed by atoms with van der Waals surface area (Å²) in [5.41, 5.74) is 1.37. The SMILES string of the molecule is C=CCN(Cc1ccc(C(=O)N(C)Cc2cccs2)cc1)S(=O)(=O)c1ccccc1. The Kier molecular flexibility index (Phi) is 7.20. The molecular formula is C23H24N2O3S2. The van der Waals surface area contributed by atoms with E-state index in [1.54, 1.807) is 84.0 Å². The number of thiophene rings is 1. The first-order valence-electron chi connectivity index (χ1n) is 9.44. The minimum absolute atomic E-state index is 0.0743. The third-order valence-electron chi connectivity index (χ3n) is 4.59. The lowest BCUT2D eigenvalue weighted by atomic mass is 10.1. The fourth-order valence-electron chi connectivity index (χ4n) is 3.02. The van der Waals surface area contributed by atoms with Crippen molar-refractivity contribution in [2.24, 2.45) is 0 Å². The monoisotopic (exact) mass is 440 g/mol. The zero-order valence-corrected chi connectivity index (χ0v) is 18.4. The Labute approximate surface area is 181 Å². The number of hydrogen-bond donors (Lipinski definition) is 0. The van der Waals surface area contributed by atoms with Crippen molar-refractivity contribution in [3.05, 3.63) is 101 Å². The third-order valence-corrected chi connectivity index (χ3v) is 7.28. The summed E-state index contributed by atoms with van der Waals surface area (Å²) in [5, 5.41) is 1.99. The van der Waals surface area contributed by atoms with Crippen LogP contribution in [0.3, 0.4) is 0 Å². The van der Waals surface area contributed by atoms with Crippen LogP contribution in [-0.2, 0) is 23.1 Å². The summed E-state index contributed by atoms with van der Waals surface area (Å²) in [5.74, 6) is -0.0743. The van der Waals surface area contributed by atoms with Crippen LogP contribution in [0.4, 0.5) is 0 Å². The van der Waals surface area contributed by atoms with E-state index < -0.39 is 10.0 Å². The summed E-state index contributed by atoms with van der Waals surface area (Å²) in [4.78, 5) is 15.7. The highest BCUT2D eigenvalue weighted by molar-refractivity contribution is 7.89. The number of hydrogen-bond acceptors (Lipinski definition) is 4. The van der Waals surface area contributed by atoms with Crippen LogP contribution in [0.1, 0.15) is 20.8 Å². The van der Waals surface area contributed by atoms with Crippen LogP contribution in [-0.4, -0.2) is 37.1 Å². The van der Waals surface area contributed by atoms with Gasteiger partial charge in [-0.25, -0.2) is 8.42 Å². The van der Waals surface area contributed by atoms with Crippen LogP contribution < -0.4 is 0 Å². The van der Waals surface area contributed by atoms with E-state index in [1.165, 1.54) is 4.31 Å². The first kappa shape index (κ1) is 22.0. The fourth-order valence-corrected chi connectivity index (χ4v) is 5.20. The van der Waals surface area contributed by atoms with E-state index in [0.717, 1.165) is 10.4 Å². The average molecular weight is 441 g/mol. The van der Waals surface area contributed by atoms with Crippen molar-refractivity contribution < 1.29 is 13.2 Å². The maximum atomic E-state index is 13.0. The fraction of sp³-hybridized carbons (Fsp3) is 0.174. The van der Waals surface area contributed by atoms with Gasteiger partial charge >= 0.3 is 0 Å². The molecule has 3 rings (SSSR count). The van der Waals surface area contributed by atoms with Gasteiger partial charge < -0.3 is 4.90 Å². The van der Waals surface area contributed by atoms with Gasteiger partial charge in [0.25, 0.3) is 5.91 Å². The maximum absolute atomic E-state index is 13.0. The minimum atomic E-state index is -3.64. The smallest absolute Gasteiger partial charge is 0.253 e. The Morgan fingerprint density at radius 1 is 1.00 bits per heavy atom. The lowest BCUT2D eigenvalue weighted by Gasteiger charge is -2.21. The predicted octanol–water partition coefficient (Wildman–Crippen LogP) is 4.40. The molecule has 156 valence electrons. The Morgan fingerprint density at radius 3 is 2.30 bits per heavy atom. The summed E-state index contributed by atoms with van der Waals surface area (Å²) < 4.78 is 27.3. The second-order valence-corrected chi connectivity index (χ2v) is 9.81. The Balaban J connectivity index is 1.73. The van der Waals surface area contributed by atoms with Crippen LogP contribution in [0.5, 0.6) is 0 Å². The first-order chi connectivity index (χ1) is 14.4. The molecule has 30 heavy (non-hydrogen) atoms. The molecule has 1 amide bonds. The van der Waals surface area contributed by atoms with E-state index in [2.05, 4.69) is 6.58 Å². The summed E-state index contributed by atoms with van der Waals surface area (Å²) in [6.07, 6.45) is 1.57. The first-order valence-corrected chi connectivity index (χ1v) is 11.8. The standard InChI is InChI=1S/C23H24N2O3S2/c1-3-15-25(30(27,28)22-9-5-4-6-10-22)17-19-11-13-20(14-12-19)23(26)24(2)18-21-8-7-16-29-21/h3-14,16H,1,15,17-18H2,2H3. The number of amides is 1. The van der Waals surface area contributed by atoms with E-state index in [1.807, 2.05) is 17.5 Å². The van der Waals surface area contributed by atoms with Crippen LogP contribution in [0.25, 0.3) is 0 Å². The number of sulfonamides is 1. The molecule has 0 unspecified atom stereocenters. The summed E-state index contributed by atoms with van der Waals surface area (Å²) in [6, 6.07) is 19.4. The van der Waals surface area contributed by atoms with Crippen molar-refractivity contribution >= 4 is 27.3 Å². The van der Waals surface area contributed by atoms with Crippen molar-refractivity contribution in [3.63, 3.8) is 0 Å². The summed E-state index contributed by atoms with van der Waals surface area (Å²) >= 11 is 1.61. The molecule has 1 aromatic heterocycles. The molecule has 5 nitrogen and oxygen atoms in total. The van der Waals surface area contributed by atoms with E-state index in [4.69, 9.17) is 0 Å². The zero-order valence-electron chi connectivity index (χ0n) is 16.8. The van der Waals surface area contributed by atoms with Gasteiger partial charge in [0.2, 0.25) is 10.0 Å². The average Bonchev–Trinajstić information content (AvgIpc) is 3.27. The predicted molar refractivity (Wildman–Crippen MR) is 121 cm³/mol. The number of rotatable bonds is 9. The number of benzene rings is 2. The molecule has 0 saturated carbocycles. The van der Waals surface area contributed by atoms with Crippen molar-refractivity contribution in [2.75, 3.05) is 13.6 Å². The second-order valence-electron chi connectivity index (χ2n) is 6.84. The van der Waals surface area contributed by atoms with Crippen LogP contribution in [0.15, 0.2) is 89.7 Å². The van der Waals surface area contributed by atoms with Crippen molar-refractivity contribution in [3.8, 4) is 0 Å². The zero-order chi connectivity index (χ0) is 21.6. The van der Waals surface area contributed by atoms with Gasteiger partial charge in [0, 0.05) is 30.6 Å². The van der Waals surface area contributed by atoms with Gasteiger partial charge in [0.1, 0.15) is 0 Å². The summed E-state index contributed by atoms with van der Waals surface area (Å²) in [7, 11) is -1.87. The number of nitrogens with zero attached hydrogens (tertiary/aromatic N) is 2. The third kappa shape index (κ3) is 5.24. The maximum Gasteiger partial charge on any atom is 0.253 e. The van der Waals surface area contributed by atoms with Gasteiger partial charge in [-0.3, -0.25) is 4.79 Å². The largest absolute Gasteiger partial charge is 0.337 e. The van der Waals surface area contributed by atoms with Crippen LogP contribution in [0.2, 0.25) is 0 Å². The molecule has 0 N–H and O–H groups in total. The van der Waals surface area contributed by atoms with E-state index in [-0.39, 0.29) is 23.9 Å². The lowest BCUT2D eigenvalue weighted by molar-refractivity contribution is 0.0786. The number of carbonyl (C=O) groups excluding carboxylic acids is 1. The lowest BCUT2D eigenvalue weighted by Crippen LogP contribution is -2.31. The molecule has 0 spiro atoms. The van der Waals surface area contributed by atoms with Crippen molar-refractivity contribution in [2.45, 2.75) is 18.0 Å². The minimum Gasteiger partial charge on any atom is -0.337 e. The van der Waals surface area contributed by atoms with E-state index >= 15 is 0 Å². The number of carbonyl (C=O) groups is 1. The van der Waals surface area contributed by atoms with Gasteiger partial charge in [0.15, 0.2) is 0 Å². The molecule has 0 aliphatic rings. The molecule has 2 aromatic carbocycles. The Hall–Kier alpha value is -2.74. The van der Waals surface area contributed by atoms with Crippen LogP contribution in [0, 0.1) is 0 Å². The van der Waals surface area contributed by atoms with Gasteiger partial charge in [-0.05, 0) is 41.3 Å². The van der Waals surface area contributed by atoms with Gasteiger partial charge in [-0.1, -0.05) is 42.5 Å². The van der Waals surface area contributed by atoms with Gasteiger partial charge in [-0.2, -0.15) is 4.31 Å². The summed E-state index contributed by atoms with van der Waals surface area (Å²) in [6.45, 7) is 4.63. The molecule has 0 bridgehead atoms. The molecule has 0 saturated heterocycles. The Morgan fingerprint density at radius 2 is 1.70 bits per heavy atom. The van der Waals surface area contributed by atoms with Gasteiger partial charge in [-0.15, -0.1) is 17.9 Å². The van der Waals surface area contributed by atoms with E-state index in [0.29, 0.717) is 12.1 Å². The van der Waals surface area contributed by atoms with E-state index in [9.17, 15) is 13.2 Å². The van der Waals surface area contributed by atoms with Crippen LogP contribution >= 0.6 is 11.3 Å². The molecule has 1 heterocycles. The molecule has 0 aliphatic carbocycles. The highest BCUT2D eigenvalue weighted by Gasteiger charge is 2.23. The molecule has 0 fully saturated rings. The highest BCUT2D eigenvalue weighted by atomic mass is 32.2. The van der Waals surface area contributed by atoms with Crippen molar-refractivity contribution in [1.82, 2.24) is 9.21 Å². The highest BCUT2D eigenvalue weighted by Crippen LogP contribution is 2.19. The molecule has 0 atom stereocenters. The van der Waals surface area contributed by atoms with Crippen molar-refractivity contribution in [1.29, 1.82) is 0 Å². The quantitative estimate of drug-likeness (QED) is 0.464.